The highest BCUT2D eigenvalue weighted by Crippen LogP contribution is 2.19. The van der Waals surface area contributed by atoms with E-state index in [0.29, 0.717) is 6.54 Å². The highest BCUT2D eigenvalue weighted by atomic mass is 16.2. The molecule has 7 heteroatoms. The largest absolute Gasteiger partial charge is 0.347 e. The van der Waals surface area contributed by atoms with E-state index >= 15 is 0 Å². The van der Waals surface area contributed by atoms with Crippen molar-refractivity contribution >= 4 is 23.4 Å². The van der Waals surface area contributed by atoms with Crippen molar-refractivity contribution in [3.8, 4) is 0 Å². The second-order valence-electron chi connectivity index (χ2n) is 8.32. The van der Waals surface area contributed by atoms with Crippen molar-refractivity contribution in [1.82, 2.24) is 10.2 Å². The molecule has 1 aromatic carbocycles. The number of hydrogen-bond acceptors (Lipinski definition) is 3. The van der Waals surface area contributed by atoms with Gasteiger partial charge in [0.25, 0.3) is 11.8 Å². The highest BCUT2D eigenvalue weighted by Gasteiger charge is 2.23. The standard InChI is InChI=1S/C21H34N4O3/c1-8-25(13-18(27)23-21(4,5)6)14-19(28)24(7)12-17(26)22-20-15(2)10-9-11-16(20)3/h9-11H,8,12-14H2,1-7H3,(H,22,26)(H,23,27)/p+1. The first-order valence-corrected chi connectivity index (χ1v) is 9.67. The van der Waals surface area contributed by atoms with Gasteiger partial charge < -0.3 is 20.4 Å². The van der Waals surface area contributed by atoms with Crippen LogP contribution in [0.2, 0.25) is 0 Å². The molecule has 1 unspecified atom stereocenters. The lowest BCUT2D eigenvalue weighted by atomic mass is 10.1. The Labute approximate surface area is 168 Å². The number of benzene rings is 1. The molecule has 0 radical (unpaired) electrons. The van der Waals surface area contributed by atoms with Gasteiger partial charge in [-0.25, -0.2) is 0 Å². The number of amides is 3. The van der Waals surface area contributed by atoms with Gasteiger partial charge in [0, 0.05) is 18.3 Å². The van der Waals surface area contributed by atoms with E-state index in [-0.39, 0.29) is 42.9 Å². The summed E-state index contributed by atoms with van der Waals surface area (Å²) in [5, 5.41) is 5.79. The van der Waals surface area contributed by atoms with Crippen molar-refractivity contribution in [2.45, 2.75) is 47.1 Å². The third kappa shape index (κ3) is 8.08. The van der Waals surface area contributed by atoms with Gasteiger partial charge in [-0.3, -0.25) is 14.4 Å². The molecule has 0 saturated heterocycles. The summed E-state index contributed by atoms with van der Waals surface area (Å²) in [4.78, 5) is 39.2. The topological polar surface area (TPSA) is 83.0 Å². The van der Waals surface area contributed by atoms with E-state index in [1.807, 2.05) is 59.7 Å². The van der Waals surface area contributed by atoms with Crippen molar-refractivity contribution in [3.05, 3.63) is 29.3 Å². The zero-order valence-corrected chi connectivity index (χ0v) is 18.2. The summed E-state index contributed by atoms with van der Waals surface area (Å²) >= 11 is 0. The maximum absolute atomic E-state index is 12.5. The van der Waals surface area contributed by atoms with Crippen LogP contribution in [0.15, 0.2) is 18.2 Å². The van der Waals surface area contributed by atoms with Crippen LogP contribution in [0.25, 0.3) is 0 Å². The van der Waals surface area contributed by atoms with Crippen LogP contribution < -0.4 is 15.5 Å². The normalized spacial score (nSPS) is 12.2. The van der Waals surface area contributed by atoms with Gasteiger partial charge in [0.1, 0.15) is 0 Å². The SMILES string of the molecule is CC[NH+](CC(=O)NC(C)(C)C)CC(=O)N(C)CC(=O)Nc1c(C)cccc1C. The van der Waals surface area contributed by atoms with Crippen LogP contribution in [0.1, 0.15) is 38.8 Å². The van der Waals surface area contributed by atoms with Crippen LogP contribution in [0.5, 0.6) is 0 Å². The van der Waals surface area contributed by atoms with Gasteiger partial charge in [0.15, 0.2) is 13.1 Å². The van der Waals surface area contributed by atoms with Gasteiger partial charge >= 0.3 is 0 Å². The zero-order chi connectivity index (χ0) is 21.5. The van der Waals surface area contributed by atoms with Gasteiger partial charge in [-0.1, -0.05) is 18.2 Å². The summed E-state index contributed by atoms with van der Waals surface area (Å²) in [6.07, 6.45) is 0. The van der Waals surface area contributed by atoms with Crippen LogP contribution in [0, 0.1) is 13.8 Å². The minimum absolute atomic E-state index is 0.0300. The minimum Gasteiger partial charge on any atom is -0.347 e. The van der Waals surface area contributed by atoms with Gasteiger partial charge in [-0.05, 0) is 52.7 Å². The molecule has 0 spiro atoms. The molecule has 1 rings (SSSR count). The van der Waals surface area contributed by atoms with Crippen LogP contribution in [0.4, 0.5) is 5.69 Å². The van der Waals surface area contributed by atoms with Crippen molar-refractivity contribution in [2.24, 2.45) is 0 Å². The Kier molecular flexibility index (Phi) is 8.63. The molecule has 3 amide bonds. The number of carbonyl (C=O) groups excluding carboxylic acids is 3. The van der Waals surface area contributed by atoms with Crippen molar-refractivity contribution in [2.75, 3.05) is 38.5 Å². The van der Waals surface area contributed by atoms with Crippen LogP contribution >= 0.6 is 0 Å². The van der Waals surface area contributed by atoms with Crippen LogP contribution in [-0.4, -0.2) is 61.4 Å². The lowest BCUT2D eigenvalue weighted by Gasteiger charge is -2.24. The second-order valence-corrected chi connectivity index (χ2v) is 8.32. The highest BCUT2D eigenvalue weighted by molar-refractivity contribution is 5.95. The van der Waals surface area contributed by atoms with E-state index in [1.165, 1.54) is 4.90 Å². The molecular formula is C21H35N4O3+. The summed E-state index contributed by atoms with van der Waals surface area (Å²) in [7, 11) is 1.61. The van der Waals surface area contributed by atoms with E-state index in [9.17, 15) is 14.4 Å². The molecule has 0 saturated carbocycles. The van der Waals surface area contributed by atoms with Crippen LogP contribution in [0.3, 0.4) is 0 Å². The summed E-state index contributed by atoms with van der Waals surface area (Å²) in [5.74, 6) is -0.499. The smallest absolute Gasteiger partial charge is 0.277 e. The number of likely N-dealkylation sites (N-methyl/N-ethyl adjacent to an activating group) is 2. The number of nitrogens with zero attached hydrogens (tertiary/aromatic N) is 1. The number of quaternary nitrogens is 1. The number of nitrogens with one attached hydrogen (secondary N) is 3. The second kappa shape index (κ2) is 10.2. The number of anilines is 1. The van der Waals surface area contributed by atoms with Gasteiger partial charge in [0.05, 0.1) is 13.1 Å². The van der Waals surface area contributed by atoms with E-state index in [4.69, 9.17) is 0 Å². The van der Waals surface area contributed by atoms with E-state index in [1.54, 1.807) is 7.05 Å². The molecule has 0 aliphatic rings. The summed E-state index contributed by atoms with van der Waals surface area (Å²) in [6, 6.07) is 5.80. The molecule has 0 heterocycles. The molecule has 1 atom stereocenters. The summed E-state index contributed by atoms with van der Waals surface area (Å²) in [6.45, 7) is 12.6. The predicted molar refractivity (Wildman–Crippen MR) is 111 cm³/mol. The Morgan fingerprint density at radius 1 is 1.04 bits per heavy atom. The van der Waals surface area contributed by atoms with Gasteiger partial charge in [-0.15, -0.1) is 0 Å². The van der Waals surface area contributed by atoms with Gasteiger partial charge in [0.2, 0.25) is 5.91 Å². The third-order valence-corrected chi connectivity index (χ3v) is 4.38. The Morgan fingerprint density at radius 3 is 2.11 bits per heavy atom. The Bertz CT molecular complexity index is 690. The van der Waals surface area contributed by atoms with E-state index in [0.717, 1.165) is 21.7 Å². The molecule has 7 nitrogen and oxygen atoms in total. The molecule has 1 aromatic rings. The fraction of sp³-hybridized carbons (Fsp3) is 0.571. The molecule has 0 fully saturated rings. The Balaban J connectivity index is 2.58. The zero-order valence-electron chi connectivity index (χ0n) is 18.2. The van der Waals surface area contributed by atoms with E-state index in [2.05, 4.69) is 10.6 Å². The fourth-order valence-electron chi connectivity index (χ4n) is 2.85. The average molecular weight is 392 g/mol. The van der Waals surface area contributed by atoms with Crippen molar-refractivity contribution in [1.29, 1.82) is 0 Å². The molecular weight excluding hydrogens is 356 g/mol. The lowest BCUT2D eigenvalue weighted by molar-refractivity contribution is -0.882. The third-order valence-electron chi connectivity index (χ3n) is 4.38. The van der Waals surface area contributed by atoms with Crippen LogP contribution in [-0.2, 0) is 14.4 Å². The number of carbonyl (C=O) groups is 3. The molecule has 156 valence electrons. The first kappa shape index (κ1) is 23.6. The van der Waals surface area contributed by atoms with Crippen molar-refractivity contribution < 1.29 is 19.3 Å². The predicted octanol–water partition coefficient (Wildman–Crippen LogP) is 0.520. The molecule has 0 bridgehead atoms. The summed E-state index contributed by atoms with van der Waals surface area (Å²) < 4.78 is 0. The maximum Gasteiger partial charge on any atom is 0.277 e. The Morgan fingerprint density at radius 2 is 1.61 bits per heavy atom. The minimum atomic E-state index is -0.303. The number of aryl methyl sites for hydroxylation is 2. The average Bonchev–Trinajstić information content (AvgIpc) is 2.55. The first-order valence-electron chi connectivity index (χ1n) is 9.67. The number of hydrogen-bond donors (Lipinski definition) is 3. The quantitative estimate of drug-likeness (QED) is 0.604. The fourth-order valence-corrected chi connectivity index (χ4v) is 2.85. The molecule has 0 aromatic heterocycles. The molecule has 0 aliphatic heterocycles. The van der Waals surface area contributed by atoms with E-state index < -0.39 is 0 Å². The lowest BCUT2D eigenvalue weighted by Crippen LogP contribution is -3.14. The number of rotatable bonds is 8. The monoisotopic (exact) mass is 391 g/mol. The molecule has 3 N–H and O–H groups in total. The van der Waals surface area contributed by atoms with Gasteiger partial charge in [-0.2, -0.15) is 0 Å². The first-order chi connectivity index (χ1) is 12.9. The Hall–Kier alpha value is -2.41. The number of para-hydroxylation sites is 1. The summed E-state index contributed by atoms with van der Waals surface area (Å²) in [5.41, 5.74) is 2.44. The van der Waals surface area contributed by atoms with Crippen molar-refractivity contribution in [3.63, 3.8) is 0 Å². The molecule has 0 aliphatic carbocycles. The molecule has 28 heavy (non-hydrogen) atoms. The maximum atomic E-state index is 12.5.